The number of aromatic nitrogens is 2. The fourth-order valence-corrected chi connectivity index (χ4v) is 6.26. The van der Waals surface area contributed by atoms with Crippen molar-refractivity contribution in [1.82, 2.24) is 8.97 Å². The van der Waals surface area contributed by atoms with Crippen molar-refractivity contribution >= 4 is 38.5 Å². The van der Waals surface area contributed by atoms with Gasteiger partial charge in [-0.1, -0.05) is 41.5 Å². The second-order valence-electron chi connectivity index (χ2n) is 13.3. The summed E-state index contributed by atoms with van der Waals surface area (Å²) in [6.45, 7) is 11.3. The molecule has 15 heteroatoms. The Bertz CT molecular complexity index is 2350. The van der Waals surface area contributed by atoms with Crippen LogP contribution in [0.3, 0.4) is 0 Å². The van der Waals surface area contributed by atoms with Gasteiger partial charge in [-0.3, -0.25) is 18.1 Å². The van der Waals surface area contributed by atoms with Gasteiger partial charge in [-0.2, -0.15) is 0 Å². The first-order chi connectivity index (χ1) is 21.2. The number of rotatable bonds is 1. The van der Waals surface area contributed by atoms with Crippen LogP contribution in [0.1, 0.15) is 58.2 Å². The highest BCUT2D eigenvalue weighted by atomic mass is 17.0. The number of phenols is 9. The van der Waals surface area contributed by atoms with E-state index >= 15 is 0 Å². The fraction of sp³-hybridized carbons (Fsp3) is 0.290. The van der Waals surface area contributed by atoms with Crippen LogP contribution < -0.4 is 0 Å². The van der Waals surface area contributed by atoms with E-state index in [0.717, 1.165) is 4.40 Å². The van der Waals surface area contributed by atoms with Crippen LogP contribution >= 0.6 is 0 Å². The van der Waals surface area contributed by atoms with E-state index in [1.807, 2.05) is 0 Å². The van der Waals surface area contributed by atoms with Crippen molar-refractivity contribution in [2.24, 2.45) is 0 Å². The Balaban J connectivity index is 1.98. The van der Waals surface area contributed by atoms with Gasteiger partial charge >= 0.3 is 0 Å². The van der Waals surface area contributed by atoms with Crippen LogP contribution in [-0.4, -0.2) is 65.1 Å². The third-order valence-electron chi connectivity index (χ3n) is 8.28. The molecule has 0 radical (unpaired) electrons. The summed E-state index contributed by atoms with van der Waals surface area (Å²) in [7, 11) is 0. The third-order valence-corrected chi connectivity index (χ3v) is 8.28. The molecule has 0 amide bonds. The Hall–Kier alpha value is -5.86. The van der Waals surface area contributed by atoms with E-state index in [1.165, 1.54) is 6.92 Å². The van der Waals surface area contributed by atoms with Crippen molar-refractivity contribution in [1.29, 1.82) is 0 Å². The number of hydrogen-bond donors (Lipinski definition) is 11. The molecule has 0 saturated heterocycles. The molecule has 3 aromatic heterocycles. The van der Waals surface area contributed by atoms with Gasteiger partial charge in [0.15, 0.2) is 34.5 Å². The fourth-order valence-electron chi connectivity index (χ4n) is 6.26. The molecule has 6 aromatic rings. The molecular formula is C31H32N2O13. The minimum absolute atomic E-state index is 0.0556. The summed E-state index contributed by atoms with van der Waals surface area (Å²) in [4.78, 5) is 0. The maximum Gasteiger partial charge on any atom is 0.252 e. The van der Waals surface area contributed by atoms with Crippen LogP contribution in [-0.2, 0) is 10.8 Å². The monoisotopic (exact) mass is 640 g/mol. The van der Waals surface area contributed by atoms with Crippen LogP contribution in [0.15, 0.2) is 9.15 Å². The molecular weight excluding hydrogens is 608 g/mol. The summed E-state index contributed by atoms with van der Waals surface area (Å²) in [6, 6.07) is 0. The van der Waals surface area contributed by atoms with E-state index < -0.39 is 96.6 Å². The molecule has 11 N–H and O–H groups in total. The Labute approximate surface area is 258 Å². The van der Waals surface area contributed by atoms with Gasteiger partial charge in [0.25, 0.3) is 5.58 Å². The lowest BCUT2D eigenvalue weighted by Crippen LogP contribution is -2.11. The zero-order valence-electron chi connectivity index (χ0n) is 25.6. The first-order valence-corrected chi connectivity index (χ1v) is 13.9. The molecule has 0 saturated carbocycles. The van der Waals surface area contributed by atoms with Crippen molar-refractivity contribution in [3.05, 3.63) is 16.7 Å². The molecule has 0 bridgehead atoms. The number of hydrogen-bond acceptors (Lipinski definition) is 13. The van der Waals surface area contributed by atoms with Gasteiger partial charge in [-0.15, -0.1) is 0 Å². The first-order valence-electron chi connectivity index (χ1n) is 13.9. The van der Waals surface area contributed by atoms with E-state index in [4.69, 9.17) is 9.15 Å². The normalized spacial score (nSPS) is 12.8. The number of aryl methyl sites for hydroxylation is 1. The predicted molar refractivity (Wildman–Crippen MR) is 163 cm³/mol. The van der Waals surface area contributed by atoms with Crippen molar-refractivity contribution in [2.75, 3.05) is 0 Å². The topological polar surface area (TPSA) is 258 Å². The maximum atomic E-state index is 12.0. The molecule has 3 heterocycles. The number of nitrogens with zero attached hydrogens (tertiary/aromatic N) is 2. The lowest BCUT2D eigenvalue weighted by atomic mass is 9.85. The van der Waals surface area contributed by atoms with Gasteiger partial charge in [0, 0.05) is 16.7 Å². The van der Waals surface area contributed by atoms with E-state index in [-0.39, 0.29) is 38.6 Å². The summed E-state index contributed by atoms with van der Waals surface area (Å²) in [5.41, 5.74) is -5.20. The Morgan fingerprint density at radius 3 is 1.50 bits per heavy atom. The van der Waals surface area contributed by atoms with Gasteiger partial charge < -0.3 is 56.2 Å². The largest absolute Gasteiger partial charge is 0.504 e. The molecule has 244 valence electrons. The zero-order chi connectivity index (χ0) is 34.3. The highest BCUT2D eigenvalue weighted by Gasteiger charge is 2.38. The number of fused-ring (bicyclic) bond motifs is 3. The molecule has 0 fully saturated rings. The molecule has 0 unspecified atom stereocenters. The van der Waals surface area contributed by atoms with Crippen molar-refractivity contribution in [3.8, 4) is 69.2 Å². The van der Waals surface area contributed by atoms with Crippen LogP contribution in [0.4, 0.5) is 0 Å². The number of phenolic OH excluding ortho intramolecular Hbond substituents is 9. The molecule has 3 aromatic carbocycles. The quantitative estimate of drug-likeness (QED) is 0.0594. The van der Waals surface area contributed by atoms with Gasteiger partial charge in [-0.05, 0) is 17.8 Å². The Kier molecular flexibility index (Phi) is 5.82. The van der Waals surface area contributed by atoms with E-state index in [2.05, 4.69) is 0 Å². The molecule has 6 rings (SSSR count). The molecule has 0 atom stereocenters. The third kappa shape index (κ3) is 3.47. The van der Waals surface area contributed by atoms with Crippen LogP contribution in [0.2, 0.25) is 0 Å². The van der Waals surface area contributed by atoms with Gasteiger partial charge in [0.2, 0.25) is 34.6 Å². The van der Waals surface area contributed by atoms with Gasteiger partial charge in [0.05, 0.1) is 10.8 Å². The van der Waals surface area contributed by atoms with Crippen molar-refractivity contribution < 1.29 is 65.3 Å². The average Bonchev–Trinajstić information content (AvgIpc) is 3.36. The summed E-state index contributed by atoms with van der Waals surface area (Å²) >= 11 is 0. The highest BCUT2D eigenvalue weighted by Crippen LogP contribution is 2.59. The molecule has 15 nitrogen and oxygen atoms in total. The lowest BCUT2D eigenvalue weighted by molar-refractivity contribution is 0.0887. The summed E-state index contributed by atoms with van der Waals surface area (Å²) in [5.74, 6) is -10.3. The minimum Gasteiger partial charge on any atom is -0.504 e. The molecule has 0 spiro atoms. The van der Waals surface area contributed by atoms with E-state index in [0.29, 0.717) is 4.57 Å². The number of aromatic hydroxyl groups is 11. The van der Waals surface area contributed by atoms with E-state index in [9.17, 15) is 56.2 Å². The van der Waals surface area contributed by atoms with Crippen molar-refractivity contribution in [3.63, 3.8) is 0 Å². The molecule has 0 aliphatic rings. The predicted octanol–water partition coefficient (Wildman–Crippen LogP) is 5.60. The SMILES string of the molecule is Cc1c(O)c(O)c2c(C(C)(C)C)c(O)n3c4c(O)c(-n5c(O)c(C(C)(C)C)c6c(O)c(O)c(O)c(O)c65)c(O)c(O)c4ooc1c23. The average molecular weight is 641 g/mol. The van der Waals surface area contributed by atoms with Crippen LogP contribution in [0.5, 0.6) is 63.5 Å². The van der Waals surface area contributed by atoms with Crippen LogP contribution in [0, 0.1) is 6.92 Å². The van der Waals surface area contributed by atoms with Gasteiger partial charge in [0.1, 0.15) is 22.2 Å². The first kappa shape index (κ1) is 30.2. The molecule has 0 aliphatic heterocycles. The Morgan fingerprint density at radius 2 is 0.935 bits per heavy atom. The maximum absolute atomic E-state index is 12.0. The minimum atomic E-state index is -1.20. The van der Waals surface area contributed by atoms with Gasteiger partial charge in [-0.25, -0.2) is 0 Å². The second-order valence-corrected chi connectivity index (χ2v) is 13.3. The lowest BCUT2D eigenvalue weighted by Gasteiger charge is -2.19. The molecule has 0 aliphatic carbocycles. The zero-order valence-corrected chi connectivity index (χ0v) is 25.6. The highest BCUT2D eigenvalue weighted by molar-refractivity contribution is 6.09. The summed E-state index contributed by atoms with van der Waals surface area (Å²) in [6.07, 6.45) is 0. The number of benzene rings is 3. The molecule has 46 heavy (non-hydrogen) atoms. The van der Waals surface area contributed by atoms with Crippen LogP contribution in [0.25, 0.3) is 44.2 Å². The smallest absolute Gasteiger partial charge is 0.252 e. The van der Waals surface area contributed by atoms with E-state index in [1.54, 1.807) is 41.5 Å². The standard InChI is InChI=1S/C31H32N2O13/c1-8-17(34)18(35)10-12(31(5,6)7)29(44)33-14(10)26(8)45-46-27-16(33)20(37)15(22(39)25(27)42)32-13-9(11(28(32)43)30(2,3)4)19(36)23(40)24(41)21(13)38/h34-44H,1-7H3. The Morgan fingerprint density at radius 1 is 0.457 bits per heavy atom. The summed E-state index contributed by atoms with van der Waals surface area (Å²) in [5, 5.41) is 122. The summed E-state index contributed by atoms with van der Waals surface area (Å²) < 4.78 is 12.4. The second kappa shape index (κ2) is 8.87. The van der Waals surface area contributed by atoms with Crippen molar-refractivity contribution in [2.45, 2.75) is 59.3 Å².